The molecule has 2 rings (SSSR count). The van der Waals surface area contributed by atoms with E-state index in [1.807, 2.05) is 44.2 Å². The highest BCUT2D eigenvalue weighted by Gasteiger charge is 2.13. The van der Waals surface area contributed by atoms with Gasteiger partial charge in [0.1, 0.15) is 0 Å². The fourth-order valence-electron chi connectivity index (χ4n) is 2.56. The second-order valence-corrected chi connectivity index (χ2v) is 7.04. The van der Waals surface area contributed by atoms with E-state index in [4.69, 9.17) is 4.74 Å². The Bertz CT molecular complexity index is 701. The number of hydrogen-bond donors (Lipinski definition) is 1. The number of amides is 1. The molecule has 2 aromatic rings. The summed E-state index contributed by atoms with van der Waals surface area (Å²) in [5, 5.41) is 3.02. The number of methoxy groups -OCH3 is 1. The number of carbonyl (C=O) groups excluding carboxylic acids is 1. The van der Waals surface area contributed by atoms with Crippen LogP contribution >= 0.6 is 15.9 Å². The lowest BCUT2D eigenvalue weighted by atomic mass is 10.1. The van der Waals surface area contributed by atoms with Crippen molar-refractivity contribution in [3.05, 3.63) is 63.6 Å². The molecule has 0 saturated heterocycles. The van der Waals surface area contributed by atoms with Crippen molar-refractivity contribution < 1.29 is 9.53 Å². The maximum atomic E-state index is 12.5. The lowest BCUT2D eigenvalue weighted by Gasteiger charge is -2.22. The van der Waals surface area contributed by atoms with Crippen molar-refractivity contribution >= 4 is 27.5 Å². The van der Waals surface area contributed by atoms with Crippen LogP contribution in [0.2, 0.25) is 0 Å². The Hall–Kier alpha value is -1.69. The predicted octanol–water partition coefficient (Wildman–Crippen LogP) is 4.15. The summed E-state index contributed by atoms with van der Waals surface area (Å²) in [7, 11) is 1.67. The van der Waals surface area contributed by atoms with Crippen molar-refractivity contribution in [2.45, 2.75) is 20.4 Å². The van der Waals surface area contributed by atoms with E-state index >= 15 is 0 Å². The van der Waals surface area contributed by atoms with Crippen molar-refractivity contribution in [1.29, 1.82) is 0 Å². The van der Waals surface area contributed by atoms with Gasteiger partial charge in [-0.05, 0) is 48.7 Å². The maximum Gasteiger partial charge on any atom is 0.238 e. The van der Waals surface area contributed by atoms with E-state index in [0.717, 1.165) is 15.7 Å². The fraction of sp³-hybridized carbons (Fsp3) is 0.350. The van der Waals surface area contributed by atoms with Crippen LogP contribution in [0.15, 0.2) is 46.9 Å². The molecule has 0 aliphatic heterocycles. The zero-order valence-corrected chi connectivity index (χ0v) is 16.6. The number of halogens is 1. The Kier molecular flexibility index (Phi) is 7.62. The third-order valence-electron chi connectivity index (χ3n) is 4.18. The van der Waals surface area contributed by atoms with Crippen LogP contribution in [0.3, 0.4) is 0 Å². The van der Waals surface area contributed by atoms with Gasteiger partial charge in [-0.1, -0.05) is 40.2 Å². The molecule has 0 aliphatic carbocycles. The Morgan fingerprint density at radius 2 is 1.88 bits per heavy atom. The van der Waals surface area contributed by atoms with Crippen molar-refractivity contribution in [2.24, 2.45) is 0 Å². The smallest absolute Gasteiger partial charge is 0.238 e. The van der Waals surface area contributed by atoms with Crippen LogP contribution < -0.4 is 5.32 Å². The van der Waals surface area contributed by atoms with E-state index < -0.39 is 0 Å². The Labute approximate surface area is 158 Å². The van der Waals surface area contributed by atoms with Gasteiger partial charge >= 0.3 is 0 Å². The summed E-state index contributed by atoms with van der Waals surface area (Å²) in [6.45, 7) is 6.39. The zero-order valence-electron chi connectivity index (χ0n) is 15.0. The molecule has 1 N–H and O–H groups in total. The highest BCUT2D eigenvalue weighted by atomic mass is 79.9. The van der Waals surface area contributed by atoms with Gasteiger partial charge in [0.2, 0.25) is 5.91 Å². The van der Waals surface area contributed by atoms with Gasteiger partial charge < -0.3 is 10.1 Å². The van der Waals surface area contributed by atoms with Gasteiger partial charge in [-0.25, -0.2) is 0 Å². The minimum atomic E-state index is -0.0121. The number of anilines is 1. The Balaban J connectivity index is 2.01. The number of hydrogen-bond acceptors (Lipinski definition) is 3. The van der Waals surface area contributed by atoms with Gasteiger partial charge in [0.05, 0.1) is 13.2 Å². The number of rotatable bonds is 8. The summed E-state index contributed by atoms with van der Waals surface area (Å²) in [4.78, 5) is 14.6. The minimum Gasteiger partial charge on any atom is -0.383 e. The molecule has 0 spiro atoms. The molecule has 134 valence electrons. The number of ether oxygens (including phenoxy) is 1. The number of carbonyl (C=O) groups is 1. The van der Waals surface area contributed by atoms with E-state index in [9.17, 15) is 4.79 Å². The first-order chi connectivity index (χ1) is 12.0. The van der Waals surface area contributed by atoms with Crippen LogP contribution in [0.25, 0.3) is 0 Å². The number of nitrogens with zero attached hydrogens (tertiary/aromatic N) is 1. The summed E-state index contributed by atoms with van der Waals surface area (Å²) in [5.74, 6) is -0.0121. The molecule has 0 bridgehead atoms. The average molecular weight is 405 g/mol. The number of nitrogens with one attached hydrogen (secondary N) is 1. The van der Waals surface area contributed by atoms with Crippen LogP contribution in [0, 0.1) is 13.8 Å². The summed E-state index contributed by atoms with van der Waals surface area (Å²) >= 11 is 3.45. The van der Waals surface area contributed by atoms with Crippen LogP contribution in [-0.4, -0.2) is 37.6 Å². The third-order valence-corrected chi connectivity index (χ3v) is 4.71. The van der Waals surface area contributed by atoms with E-state index in [0.29, 0.717) is 26.2 Å². The monoisotopic (exact) mass is 404 g/mol. The molecule has 0 aromatic heterocycles. The van der Waals surface area contributed by atoms with E-state index in [2.05, 4.69) is 38.3 Å². The molecule has 4 nitrogen and oxygen atoms in total. The quantitative estimate of drug-likeness (QED) is 0.718. The summed E-state index contributed by atoms with van der Waals surface area (Å²) in [6, 6.07) is 14.1. The molecule has 25 heavy (non-hydrogen) atoms. The third kappa shape index (κ3) is 6.27. The lowest BCUT2D eigenvalue weighted by Crippen LogP contribution is -2.35. The first kappa shape index (κ1) is 19.6. The predicted molar refractivity (Wildman–Crippen MR) is 106 cm³/mol. The zero-order chi connectivity index (χ0) is 18.2. The van der Waals surface area contributed by atoms with E-state index in [1.54, 1.807) is 7.11 Å². The average Bonchev–Trinajstić information content (AvgIpc) is 2.59. The molecule has 2 aromatic carbocycles. The summed E-state index contributed by atoms with van der Waals surface area (Å²) in [5.41, 5.74) is 4.32. The molecule has 0 unspecified atom stereocenters. The second-order valence-electron chi connectivity index (χ2n) is 6.13. The van der Waals surface area contributed by atoms with Crippen molar-refractivity contribution in [1.82, 2.24) is 4.90 Å². The van der Waals surface area contributed by atoms with Crippen LogP contribution in [-0.2, 0) is 16.1 Å². The molecule has 1 amide bonds. The second kappa shape index (κ2) is 9.70. The SMILES string of the molecule is COCCN(CC(=O)Nc1cccc(C)c1C)Cc1ccc(Br)cc1. The van der Waals surface area contributed by atoms with E-state index in [1.165, 1.54) is 11.1 Å². The number of benzene rings is 2. The van der Waals surface area contributed by atoms with Crippen molar-refractivity contribution in [3.63, 3.8) is 0 Å². The van der Waals surface area contributed by atoms with Gasteiger partial charge in [0.15, 0.2) is 0 Å². The van der Waals surface area contributed by atoms with Gasteiger partial charge in [-0.15, -0.1) is 0 Å². The van der Waals surface area contributed by atoms with Gasteiger partial charge in [0, 0.05) is 30.4 Å². The molecular weight excluding hydrogens is 380 g/mol. The molecule has 0 heterocycles. The highest BCUT2D eigenvalue weighted by molar-refractivity contribution is 9.10. The topological polar surface area (TPSA) is 41.6 Å². The molecular formula is C20H25BrN2O2. The summed E-state index contributed by atoms with van der Waals surface area (Å²) in [6.07, 6.45) is 0. The molecule has 0 aliphatic rings. The van der Waals surface area contributed by atoms with Gasteiger partial charge in [-0.3, -0.25) is 9.69 Å². The highest BCUT2D eigenvalue weighted by Crippen LogP contribution is 2.18. The maximum absolute atomic E-state index is 12.5. The van der Waals surface area contributed by atoms with Crippen LogP contribution in [0.1, 0.15) is 16.7 Å². The molecule has 0 saturated carbocycles. The number of aryl methyl sites for hydroxylation is 1. The van der Waals surface area contributed by atoms with Crippen LogP contribution in [0.5, 0.6) is 0 Å². The molecule has 0 atom stereocenters. The molecule has 0 radical (unpaired) electrons. The molecule has 0 fully saturated rings. The van der Waals surface area contributed by atoms with Crippen molar-refractivity contribution in [3.8, 4) is 0 Å². The first-order valence-electron chi connectivity index (χ1n) is 8.31. The van der Waals surface area contributed by atoms with Gasteiger partial charge in [0.25, 0.3) is 0 Å². The van der Waals surface area contributed by atoms with Gasteiger partial charge in [-0.2, -0.15) is 0 Å². The minimum absolute atomic E-state index is 0.0121. The van der Waals surface area contributed by atoms with Crippen LogP contribution in [0.4, 0.5) is 5.69 Å². The lowest BCUT2D eigenvalue weighted by molar-refractivity contribution is -0.117. The molecule has 5 heteroatoms. The normalized spacial score (nSPS) is 10.9. The Morgan fingerprint density at radius 1 is 1.16 bits per heavy atom. The van der Waals surface area contributed by atoms with Crippen molar-refractivity contribution in [2.75, 3.05) is 32.1 Å². The largest absolute Gasteiger partial charge is 0.383 e. The summed E-state index contributed by atoms with van der Waals surface area (Å²) < 4.78 is 6.23. The standard InChI is InChI=1S/C20H25BrN2O2/c1-15-5-4-6-19(16(15)2)22-20(24)14-23(11-12-25-3)13-17-7-9-18(21)10-8-17/h4-10H,11-14H2,1-3H3,(H,22,24). The Morgan fingerprint density at radius 3 is 2.56 bits per heavy atom. The fourth-order valence-corrected chi connectivity index (χ4v) is 2.83. The van der Waals surface area contributed by atoms with E-state index in [-0.39, 0.29) is 5.91 Å². The first-order valence-corrected chi connectivity index (χ1v) is 9.10.